The molecular formula is C12H21BF4N2O4. The van der Waals surface area contributed by atoms with Gasteiger partial charge in [0.2, 0.25) is 0 Å². The Morgan fingerprint density at radius 3 is 2.26 bits per heavy atom. The number of ether oxygens (including phenoxy) is 3. The molecule has 0 atom stereocenters. The van der Waals surface area contributed by atoms with E-state index in [4.69, 9.17) is 14.2 Å². The van der Waals surface area contributed by atoms with Crippen molar-refractivity contribution >= 4 is 13.2 Å². The maximum Gasteiger partial charge on any atom is 0.673 e. The highest BCUT2D eigenvalue weighted by atomic mass is 19.5. The quantitative estimate of drug-likeness (QED) is 0.241. The minimum atomic E-state index is -6.00. The van der Waals surface area contributed by atoms with Crippen LogP contribution in [0.3, 0.4) is 0 Å². The molecule has 0 spiro atoms. The molecule has 1 rings (SSSR count). The molecule has 1 N–H and O–H groups in total. The summed E-state index contributed by atoms with van der Waals surface area (Å²) in [6, 6.07) is 0. The van der Waals surface area contributed by atoms with Crippen LogP contribution in [0, 0.1) is 0 Å². The number of hydrogen-bond donors (Lipinski definition) is 1. The topological polar surface area (TPSA) is 64.4 Å². The van der Waals surface area contributed by atoms with E-state index in [1.807, 2.05) is 24.7 Å². The molecule has 1 aromatic heterocycles. The zero-order valence-electron chi connectivity index (χ0n) is 13.1. The maximum absolute atomic E-state index is 11.5. The van der Waals surface area contributed by atoms with E-state index in [0.717, 1.165) is 5.82 Å². The summed E-state index contributed by atoms with van der Waals surface area (Å²) in [6.45, 7) is 4.39. The Labute approximate surface area is 131 Å². The third kappa shape index (κ3) is 15.1. The average Bonchev–Trinajstić information content (AvgIpc) is 2.81. The van der Waals surface area contributed by atoms with Gasteiger partial charge in [0.1, 0.15) is 25.4 Å². The van der Waals surface area contributed by atoms with Gasteiger partial charge in [-0.1, -0.05) is 0 Å². The molecule has 0 aliphatic carbocycles. The van der Waals surface area contributed by atoms with Gasteiger partial charge in [-0.2, -0.15) is 0 Å². The van der Waals surface area contributed by atoms with Gasteiger partial charge in [-0.3, -0.25) is 4.79 Å². The highest BCUT2D eigenvalue weighted by Crippen LogP contribution is 2.06. The van der Waals surface area contributed by atoms with E-state index in [9.17, 15) is 22.1 Å². The number of carbonyl (C=O) groups is 1. The van der Waals surface area contributed by atoms with Crippen molar-refractivity contribution in [3.8, 4) is 0 Å². The Morgan fingerprint density at radius 2 is 1.74 bits per heavy atom. The van der Waals surface area contributed by atoms with E-state index in [0.29, 0.717) is 26.4 Å². The summed E-state index contributed by atoms with van der Waals surface area (Å²) in [4.78, 5) is 14.4. The molecule has 0 aliphatic heterocycles. The molecule has 0 amide bonds. The van der Waals surface area contributed by atoms with Gasteiger partial charge in [0.15, 0.2) is 0 Å². The fraction of sp³-hybridized carbons (Fsp3) is 0.667. The number of imidazole rings is 1. The second kappa shape index (κ2) is 11.9. The van der Waals surface area contributed by atoms with Crippen molar-refractivity contribution in [3.05, 3.63) is 18.2 Å². The minimum Gasteiger partial charge on any atom is -0.463 e. The number of aromatic nitrogens is 2. The Bertz CT molecular complexity index is 437. The number of H-pyrrole nitrogens is 1. The lowest BCUT2D eigenvalue weighted by Crippen LogP contribution is -2.32. The lowest BCUT2D eigenvalue weighted by Gasteiger charge is -2.05. The van der Waals surface area contributed by atoms with Crippen LogP contribution < -0.4 is 4.57 Å². The highest BCUT2D eigenvalue weighted by Gasteiger charge is 2.20. The fourth-order valence-electron chi connectivity index (χ4n) is 1.38. The summed E-state index contributed by atoms with van der Waals surface area (Å²) < 4.78 is 56.2. The van der Waals surface area contributed by atoms with E-state index in [-0.39, 0.29) is 19.0 Å². The highest BCUT2D eigenvalue weighted by molar-refractivity contribution is 6.50. The van der Waals surface area contributed by atoms with Gasteiger partial charge in [-0.25, -0.2) is 9.55 Å². The molecule has 0 saturated heterocycles. The van der Waals surface area contributed by atoms with Crippen LogP contribution in [0.4, 0.5) is 17.3 Å². The van der Waals surface area contributed by atoms with Gasteiger partial charge >= 0.3 is 13.2 Å². The van der Waals surface area contributed by atoms with Crippen molar-refractivity contribution < 1.29 is 40.8 Å². The first-order chi connectivity index (χ1) is 10.7. The molecule has 0 unspecified atom stereocenters. The fourth-order valence-corrected chi connectivity index (χ4v) is 1.38. The summed E-state index contributed by atoms with van der Waals surface area (Å²) in [5, 5.41) is 0. The molecule has 0 fully saturated rings. The Morgan fingerprint density at radius 1 is 1.17 bits per heavy atom. The van der Waals surface area contributed by atoms with E-state index in [1.165, 1.54) is 0 Å². The zero-order chi connectivity index (χ0) is 17.7. The van der Waals surface area contributed by atoms with Crippen LogP contribution >= 0.6 is 0 Å². The van der Waals surface area contributed by atoms with E-state index in [1.54, 1.807) is 6.20 Å². The van der Waals surface area contributed by atoms with Crippen molar-refractivity contribution in [1.82, 2.24) is 4.98 Å². The molecule has 0 bridgehead atoms. The van der Waals surface area contributed by atoms with E-state index in [2.05, 4.69) is 4.98 Å². The van der Waals surface area contributed by atoms with Crippen molar-refractivity contribution in [2.24, 2.45) is 7.05 Å². The first-order valence-corrected chi connectivity index (χ1v) is 6.94. The molecule has 1 heterocycles. The van der Waals surface area contributed by atoms with Gasteiger partial charge in [0.05, 0.1) is 26.9 Å². The van der Waals surface area contributed by atoms with Crippen LogP contribution in [0.1, 0.15) is 12.7 Å². The summed E-state index contributed by atoms with van der Waals surface area (Å²) in [5.74, 6) is 0.554. The monoisotopic (exact) mass is 344 g/mol. The van der Waals surface area contributed by atoms with Gasteiger partial charge in [0, 0.05) is 6.61 Å². The summed E-state index contributed by atoms with van der Waals surface area (Å²) in [6.07, 6.45) is 3.86. The second-order valence-corrected chi connectivity index (χ2v) is 4.22. The lowest BCUT2D eigenvalue weighted by atomic mass is 10.3. The number of carbonyl (C=O) groups excluding carboxylic acids is 1. The molecular weight excluding hydrogens is 323 g/mol. The molecule has 11 heteroatoms. The van der Waals surface area contributed by atoms with Gasteiger partial charge in [0.25, 0.3) is 5.82 Å². The largest absolute Gasteiger partial charge is 0.673 e. The Hall–Kier alpha value is -1.62. The number of esters is 1. The third-order valence-corrected chi connectivity index (χ3v) is 2.35. The van der Waals surface area contributed by atoms with Gasteiger partial charge < -0.3 is 31.5 Å². The number of aryl methyl sites for hydroxylation is 1. The van der Waals surface area contributed by atoms with Crippen molar-refractivity contribution in [2.75, 3.05) is 33.0 Å². The van der Waals surface area contributed by atoms with Crippen LogP contribution in [0.2, 0.25) is 0 Å². The number of nitrogens with zero attached hydrogens (tertiary/aromatic N) is 1. The molecule has 134 valence electrons. The molecule has 23 heavy (non-hydrogen) atoms. The van der Waals surface area contributed by atoms with Crippen LogP contribution in [0.5, 0.6) is 0 Å². The van der Waals surface area contributed by atoms with Crippen molar-refractivity contribution in [3.63, 3.8) is 0 Å². The van der Waals surface area contributed by atoms with Gasteiger partial charge in [-0.15, -0.1) is 0 Å². The number of rotatable bonds is 9. The number of aromatic amines is 1. The standard InChI is InChI=1S/C12H20N2O4.BF4/c1-3-16-6-7-17-8-9-18-12(15)10-11-13-4-5-14(11)2;2-1(3,4)5/h4-5H,3,6-10H2,1-2H3;/q;-1/p+1. The van der Waals surface area contributed by atoms with Crippen LogP contribution in [0.25, 0.3) is 0 Å². The van der Waals surface area contributed by atoms with E-state index >= 15 is 0 Å². The first kappa shape index (κ1) is 21.4. The summed E-state index contributed by atoms with van der Waals surface area (Å²) in [5.41, 5.74) is 0. The van der Waals surface area contributed by atoms with Crippen molar-refractivity contribution in [1.29, 1.82) is 0 Å². The van der Waals surface area contributed by atoms with E-state index < -0.39 is 7.25 Å². The average molecular weight is 344 g/mol. The summed E-state index contributed by atoms with van der Waals surface area (Å²) in [7, 11) is -4.13. The zero-order valence-corrected chi connectivity index (χ0v) is 13.1. The Kier molecular flexibility index (Phi) is 11.1. The molecule has 0 saturated carbocycles. The molecule has 6 nitrogen and oxygen atoms in total. The van der Waals surface area contributed by atoms with Crippen LogP contribution in [0.15, 0.2) is 12.4 Å². The molecule has 0 radical (unpaired) electrons. The number of hydrogen-bond acceptors (Lipinski definition) is 4. The Balaban J connectivity index is 0.000000841. The minimum absolute atomic E-state index is 0.239. The number of halogens is 4. The lowest BCUT2D eigenvalue weighted by molar-refractivity contribution is -0.677. The number of nitrogens with one attached hydrogen (secondary N) is 1. The first-order valence-electron chi connectivity index (χ1n) is 6.94. The SMILES string of the molecule is CCOCCOCCOC(=O)Cc1[nH]cc[n+]1C.F[B-](F)(F)F. The second-order valence-electron chi connectivity index (χ2n) is 4.22. The third-order valence-electron chi connectivity index (χ3n) is 2.35. The van der Waals surface area contributed by atoms with Gasteiger partial charge in [-0.05, 0) is 6.92 Å². The molecule has 1 aromatic rings. The van der Waals surface area contributed by atoms with Crippen molar-refractivity contribution in [2.45, 2.75) is 13.3 Å². The summed E-state index contributed by atoms with van der Waals surface area (Å²) >= 11 is 0. The molecule has 0 aliphatic rings. The van der Waals surface area contributed by atoms with Crippen LogP contribution in [-0.4, -0.2) is 51.2 Å². The molecule has 0 aromatic carbocycles. The maximum atomic E-state index is 11.5. The smallest absolute Gasteiger partial charge is 0.463 e. The normalized spacial score (nSPS) is 10.9. The predicted molar refractivity (Wildman–Crippen MR) is 74.1 cm³/mol. The van der Waals surface area contributed by atoms with Crippen LogP contribution in [-0.2, 0) is 32.5 Å². The predicted octanol–water partition coefficient (Wildman–Crippen LogP) is 1.28.